The second-order valence-corrected chi connectivity index (χ2v) is 8.87. The van der Waals surface area contributed by atoms with Crippen LogP contribution in [0.5, 0.6) is 0 Å². The fourth-order valence-electron chi connectivity index (χ4n) is 4.01. The second kappa shape index (κ2) is 8.71. The average Bonchev–Trinajstić information content (AvgIpc) is 3.55. The maximum absolute atomic E-state index is 13.2. The minimum Gasteiger partial charge on any atom is -0.333 e. The van der Waals surface area contributed by atoms with Crippen LogP contribution < -0.4 is 16.2 Å². The van der Waals surface area contributed by atoms with Crippen molar-refractivity contribution in [3.05, 3.63) is 68.5 Å². The Labute approximate surface area is 179 Å². The van der Waals surface area contributed by atoms with E-state index in [1.165, 1.54) is 0 Å². The Morgan fingerprint density at radius 2 is 2.07 bits per heavy atom. The summed E-state index contributed by atoms with van der Waals surface area (Å²) in [6.45, 7) is 2.18. The number of nitrogens with one attached hydrogen (secondary N) is 2. The number of urea groups is 1. The zero-order valence-corrected chi connectivity index (χ0v) is 18.2. The molecule has 1 aliphatic carbocycles. The van der Waals surface area contributed by atoms with Gasteiger partial charge in [-0.2, -0.15) is 0 Å². The Balaban J connectivity index is 1.50. The Morgan fingerprint density at radius 3 is 2.79 bits per heavy atom. The van der Waals surface area contributed by atoms with E-state index in [0.29, 0.717) is 19.1 Å². The molecule has 1 saturated carbocycles. The van der Waals surface area contributed by atoms with Gasteiger partial charge in [0.1, 0.15) is 0 Å². The van der Waals surface area contributed by atoms with Crippen LogP contribution in [0.3, 0.4) is 0 Å². The third-order valence-electron chi connectivity index (χ3n) is 5.89. The molecule has 0 radical (unpaired) electrons. The molecule has 2 amide bonds. The molecule has 154 valence electrons. The van der Waals surface area contributed by atoms with Crippen molar-refractivity contribution in [3.63, 3.8) is 0 Å². The van der Waals surface area contributed by atoms with Crippen molar-refractivity contribution in [1.82, 2.24) is 20.1 Å². The van der Waals surface area contributed by atoms with Gasteiger partial charge in [-0.05, 0) is 49.1 Å². The molecule has 0 spiro atoms. The predicted octanol–water partition coefficient (Wildman–Crippen LogP) is 2.97. The Morgan fingerprint density at radius 1 is 1.28 bits per heavy atom. The third kappa shape index (κ3) is 4.73. The van der Waals surface area contributed by atoms with E-state index >= 15 is 0 Å². The highest BCUT2D eigenvalue weighted by Crippen LogP contribution is 2.31. The van der Waals surface area contributed by atoms with Gasteiger partial charge in [0.15, 0.2) is 0 Å². The van der Waals surface area contributed by atoms with Crippen LogP contribution in [0.15, 0.2) is 51.9 Å². The summed E-state index contributed by atoms with van der Waals surface area (Å²) in [6, 6.07) is 12.0. The van der Waals surface area contributed by atoms with Crippen molar-refractivity contribution in [2.24, 2.45) is 7.05 Å². The molecule has 6 nitrogen and oxygen atoms in total. The van der Waals surface area contributed by atoms with E-state index in [4.69, 9.17) is 0 Å². The number of aromatic nitrogens is 1. The van der Waals surface area contributed by atoms with Crippen molar-refractivity contribution in [2.45, 2.75) is 43.8 Å². The number of amides is 2. The minimum atomic E-state index is -0.0381. The zero-order valence-electron chi connectivity index (χ0n) is 16.6. The number of aryl methyl sites for hydroxylation is 1. The van der Waals surface area contributed by atoms with Gasteiger partial charge < -0.3 is 20.1 Å². The Kier molecular flexibility index (Phi) is 6.06. The summed E-state index contributed by atoms with van der Waals surface area (Å²) >= 11 is 3.59. The monoisotopic (exact) mass is 458 g/mol. The van der Waals surface area contributed by atoms with E-state index in [1.807, 2.05) is 35.4 Å². The smallest absolute Gasteiger partial charge is 0.318 e. The normalized spacial score (nSPS) is 21.6. The van der Waals surface area contributed by atoms with Gasteiger partial charge in [0.05, 0.1) is 0 Å². The molecule has 2 aliphatic rings. The molecule has 0 unspecified atom stereocenters. The summed E-state index contributed by atoms with van der Waals surface area (Å²) in [4.78, 5) is 27.3. The van der Waals surface area contributed by atoms with Crippen LogP contribution >= 0.6 is 15.9 Å². The van der Waals surface area contributed by atoms with Gasteiger partial charge in [0, 0.05) is 54.9 Å². The van der Waals surface area contributed by atoms with Gasteiger partial charge >= 0.3 is 6.03 Å². The second-order valence-electron chi connectivity index (χ2n) is 8.01. The number of hydrogen-bond donors (Lipinski definition) is 2. The maximum Gasteiger partial charge on any atom is 0.318 e. The molecule has 4 rings (SSSR count). The summed E-state index contributed by atoms with van der Waals surface area (Å²) in [7, 11) is 1.75. The SMILES string of the molecule is Cn1ccc([C@@H]2CCNC[C@H]2NC(=O)N(Cc2ccccc2Br)C2CC2)cc1=O. The molecule has 2 fully saturated rings. The molecule has 29 heavy (non-hydrogen) atoms. The van der Waals surface area contributed by atoms with Gasteiger partial charge in [-0.15, -0.1) is 0 Å². The van der Waals surface area contributed by atoms with E-state index in [9.17, 15) is 9.59 Å². The zero-order chi connectivity index (χ0) is 20.4. The van der Waals surface area contributed by atoms with Crippen LogP contribution in [-0.4, -0.2) is 40.7 Å². The molecule has 1 saturated heterocycles. The first-order valence-electron chi connectivity index (χ1n) is 10.2. The molecular formula is C22H27BrN4O2. The third-order valence-corrected chi connectivity index (χ3v) is 6.67. The number of nitrogens with zero attached hydrogens (tertiary/aromatic N) is 2. The quantitative estimate of drug-likeness (QED) is 0.723. The molecular weight excluding hydrogens is 432 g/mol. The van der Waals surface area contributed by atoms with E-state index in [0.717, 1.165) is 41.4 Å². The Hall–Kier alpha value is -2.12. The van der Waals surface area contributed by atoms with Crippen LogP contribution in [0.4, 0.5) is 4.79 Å². The molecule has 7 heteroatoms. The molecule has 1 aliphatic heterocycles. The lowest BCUT2D eigenvalue weighted by Crippen LogP contribution is -2.53. The van der Waals surface area contributed by atoms with Gasteiger partial charge in [0.2, 0.25) is 0 Å². The number of rotatable bonds is 5. The predicted molar refractivity (Wildman–Crippen MR) is 117 cm³/mol. The van der Waals surface area contributed by atoms with Crippen molar-refractivity contribution in [3.8, 4) is 0 Å². The number of benzene rings is 1. The van der Waals surface area contributed by atoms with E-state index in [-0.39, 0.29) is 23.6 Å². The van der Waals surface area contributed by atoms with Gasteiger partial charge in [-0.1, -0.05) is 34.1 Å². The number of carbonyl (C=O) groups is 1. The molecule has 2 N–H and O–H groups in total. The first-order chi connectivity index (χ1) is 14.0. The molecule has 2 atom stereocenters. The van der Waals surface area contributed by atoms with Crippen molar-refractivity contribution >= 4 is 22.0 Å². The van der Waals surface area contributed by atoms with Crippen LogP contribution in [0.25, 0.3) is 0 Å². The number of hydrogen-bond acceptors (Lipinski definition) is 3. The molecule has 2 aromatic rings. The Bertz CT molecular complexity index is 940. The van der Waals surface area contributed by atoms with E-state index in [2.05, 4.69) is 32.6 Å². The minimum absolute atomic E-state index is 0.0142. The fraction of sp³-hybridized carbons (Fsp3) is 0.455. The fourth-order valence-corrected chi connectivity index (χ4v) is 4.42. The maximum atomic E-state index is 13.2. The topological polar surface area (TPSA) is 66.4 Å². The highest BCUT2D eigenvalue weighted by molar-refractivity contribution is 9.10. The highest BCUT2D eigenvalue weighted by atomic mass is 79.9. The first kappa shape index (κ1) is 20.2. The molecule has 1 aromatic heterocycles. The van der Waals surface area contributed by atoms with Crippen LogP contribution in [0.2, 0.25) is 0 Å². The number of piperidine rings is 1. The van der Waals surface area contributed by atoms with E-state index in [1.54, 1.807) is 17.7 Å². The summed E-state index contributed by atoms with van der Waals surface area (Å²) in [5.74, 6) is 0.138. The van der Waals surface area contributed by atoms with Crippen molar-refractivity contribution < 1.29 is 4.79 Å². The van der Waals surface area contributed by atoms with E-state index < -0.39 is 0 Å². The summed E-state index contributed by atoms with van der Waals surface area (Å²) < 4.78 is 2.60. The largest absolute Gasteiger partial charge is 0.333 e. The van der Waals surface area contributed by atoms with Gasteiger partial charge in [-0.25, -0.2) is 4.79 Å². The standard InChI is InChI=1S/C22H27BrN4O2/c1-26-11-9-15(12-21(26)28)18-8-10-24-13-20(18)25-22(29)27(17-6-7-17)14-16-4-2-3-5-19(16)23/h2-5,9,11-12,17-18,20,24H,6-8,10,13-14H2,1H3,(H,25,29)/t18-,20+/m0/s1. The molecule has 1 aromatic carbocycles. The summed E-state index contributed by atoms with van der Waals surface area (Å²) in [5, 5.41) is 6.65. The van der Waals surface area contributed by atoms with Crippen LogP contribution in [0, 0.1) is 0 Å². The number of halogens is 1. The summed E-state index contributed by atoms with van der Waals surface area (Å²) in [6.07, 6.45) is 4.81. The van der Waals surface area contributed by atoms with Gasteiger partial charge in [0.25, 0.3) is 5.56 Å². The van der Waals surface area contributed by atoms with Crippen LogP contribution in [-0.2, 0) is 13.6 Å². The molecule has 0 bridgehead atoms. The summed E-state index contributed by atoms with van der Waals surface area (Å²) in [5.41, 5.74) is 2.10. The molecule has 2 heterocycles. The van der Waals surface area contributed by atoms with Crippen molar-refractivity contribution in [2.75, 3.05) is 13.1 Å². The lowest BCUT2D eigenvalue weighted by atomic mass is 9.86. The lowest BCUT2D eigenvalue weighted by molar-refractivity contribution is 0.182. The lowest BCUT2D eigenvalue weighted by Gasteiger charge is -2.35. The highest BCUT2D eigenvalue weighted by Gasteiger charge is 2.35. The average molecular weight is 459 g/mol. The number of carbonyl (C=O) groups excluding carboxylic acids is 1. The van der Waals surface area contributed by atoms with Crippen molar-refractivity contribution in [1.29, 1.82) is 0 Å². The van der Waals surface area contributed by atoms with Crippen LogP contribution in [0.1, 0.15) is 36.3 Å². The number of pyridine rings is 1. The first-order valence-corrected chi connectivity index (χ1v) is 11.0. The van der Waals surface area contributed by atoms with Gasteiger partial charge in [-0.3, -0.25) is 4.79 Å².